The predicted molar refractivity (Wildman–Crippen MR) is 71.6 cm³/mol. The lowest BCUT2D eigenvalue weighted by Gasteiger charge is -2.08. The molecule has 4 nitrogen and oxygen atoms in total. The highest BCUT2D eigenvalue weighted by atomic mass is 35.5. The number of benzene rings is 1. The van der Waals surface area contributed by atoms with E-state index in [1.165, 1.54) is 23.2 Å². The largest absolute Gasteiger partial charge is 0.476 e. The van der Waals surface area contributed by atoms with Crippen LogP contribution in [-0.2, 0) is 0 Å². The van der Waals surface area contributed by atoms with Crippen molar-refractivity contribution in [1.29, 1.82) is 0 Å². The number of rotatable bonds is 2. The summed E-state index contributed by atoms with van der Waals surface area (Å²) in [6.45, 7) is 5.57. The minimum absolute atomic E-state index is 0.0322. The van der Waals surface area contributed by atoms with Crippen molar-refractivity contribution in [2.45, 2.75) is 20.8 Å². The van der Waals surface area contributed by atoms with E-state index in [1.54, 1.807) is 13.0 Å². The lowest BCUT2D eigenvalue weighted by Crippen LogP contribution is -1.98. The zero-order valence-electron chi connectivity index (χ0n) is 10.8. The van der Waals surface area contributed by atoms with E-state index in [9.17, 15) is 9.18 Å². The maximum atomic E-state index is 13.6. The molecule has 1 heterocycles. The fourth-order valence-corrected chi connectivity index (χ4v) is 1.69. The molecule has 6 heteroatoms. The van der Waals surface area contributed by atoms with Gasteiger partial charge in [0.2, 0.25) is 0 Å². The van der Waals surface area contributed by atoms with Gasteiger partial charge in [0, 0.05) is 11.8 Å². The summed E-state index contributed by atoms with van der Waals surface area (Å²) in [5, 5.41) is 8.77. The van der Waals surface area contributed by atoms with Gasteiger partial charge in [0.1, 0.15) is 12.1 Å². The third-order valence-corrected chi connectivity index (χ3v) is 2.68. The van der Waals surface area contributed by atoms with Crippen LogP contribution in [0, 0.1) is 12.7 Å². The molecule has 0 aliphatic carbocycles. The van der Waals surface area contributed by atoms with Crippen molar-refractivity contribution in [1.82, 2.24) is 9.55 Å². The lowest BCUT2D eigenvalue weighted by molar-refractivity contribution is 0.0691. The van der Waals surface area contributed by atoms with Crippen LogP contribution in [0.5, 0.6) is 0 Å². The van der Waals surface area contributed by atoms with Gasteiger partial charge in [-0.25, -0.2) is 14.2 Å². The highest BCUT2D eigenvalue weighted by Crippen LogP contribution is 2.23. The highest BCUT2D eigenvalue weighted by Gasteiger charge is 2.12. The highest BCUT2D eigenvalue weighted by molar-refractivity contribution is 6.30. The summed E-state index contributed by atoms with van der Waals surface area (Å²) in [6, 6.07) is 3.02. The second-order valence-electron chi connectivity index (χ2n) is 3.48. The summed E-state index contributed by atoms with van der Waals surface area (Å²) in [6.07, 6.45) is 2.64. The van der Waals surface area contributed by atoms with Crippen LogP contribution >= 0.6 is 11.6 Å². The molecule has 0 spiro atoms. The molecular weight excluding hydrogens is 271 g/mol. The molecule has 0 bridgehead atoms. The summed E-state index contributed by atoms with van der Waals surface area (Å²) < 4.78 is 15.0. The van der Waals surface area contributed by atoms with Gasteiger partial charge in [-0.05, 0) is 19.1 Å². The molecule has 0 fully saturated rings. The van der Waals surface area contributed by atoms with E-state index in [2.05, 4.69) is 4.98 Å². The summed E-state index contributed by atoms with van der Waals surface area (Å²) >= 11 is 5.64. The van der Waals surface area contributed by atoms with Crippen molar-refractivity contribution in [3.8, 4) is 5.69 Å². The molecule has 2 aromatic rings. The van der Waals surface area contributed by atoms with Crippen molar-refractivity contribution in [2.24, 2.45) is 0 Å². The first kappa shape index (κ1) is 15.2. The molecule has 102 valence electrons. The number of hydrogen-bond acceptors (Lipinski definition) is 2. The quantitative estimate of drug-likeness (QED) is 0.915. The molecule has 19 heavy (non-hydrogen) atoms. The maximum Gasteiger partial charge on any atom is 0.356 e. The lowest BCUT2D eigenvalue weighted by atomic mass is 10.2. The number of carbonyl (C=O) groups is 1. The van der Waals surface area contributed by atoms with Gasteiger partial charge in [0.25, 0.3) is 0 Å². The second kappa shape index (κ2) is 6.33. The molecule has 0 saturated heterocycles. The Bertz CT molecular complexity index is 596. The summed E-state index contributed by atoms with van der Waals surface area (Å²) in [4.78, 5) is 14.4. The van der Waals surface area contributed by atoms with E-state index in [1.807, 2.05) is 13.8 Å². The normalized spacial score (nSPS) is 9.74. The summed E-state index contributed by atoms with van der Waals surface area (Å²) in [5.74, 6) is -1.65. The molecule has 1 aromatic carbocycles. The number of aromatic carboxylic acids is 1. The minimum atomic E-state index is -1.13. The number of aromatic nitrogens is 2. The topological polar surface area (TPSA) is 55.1 Å². The SMILES string of the molecule is CC.Cc1c(-n2cnc(C(=O)O)c2)ccc(Cl)c1F. The monoisotopic (exact) mass is 284 g/mol. The van der Waals surface area contributed by atoms with Gasteiger partial charge >= 0.3 is 5.97 Å². The molecule has 0 aliphatic rings. The van der Waals surface area contributed by atoms with Crippen molar-refractivity contribution in [2.75, 3.05) is 0 Å². The molecule has 0 atom stereocenters. The van der Waals surface area contributed by atoms with Gasteiger partial charge in [-0.1, -0.05) is 25.4 Å². The standard InChI is InChI=1S/C11H8ClFN2O2.C2H6/c1-6-9(3-2-7(12)10(6)13)15-4-8(11(16)17)14-5-15;1-2/h2-5H,1H3,(H,16,17);1-2H3. The molecular formula is C13H14ClFN2O2. The molecule has 1 N–H and O–H groups in total. The molecule has 1 aromatic heterocycles. The van der Waals surface area contributed by atoms with E-state index < -0.39 is 11.8 Å². The Balaban J connectivity index is 0.000000861. The number of carboxylic acid groups (broad SMARTS) is 1. The third-order valence-electron chi connectivity index (χ3n) is 2.39. The fraction of sp³-hybridized carbons (Fsp3) is 0.231. The average Bonchev–Trinajstić information content (AvgIpc) is 2.88. The predicted octanol–water partition coefficient (Wildman–Crippen LogP) is 3.70. The van der Waals surface area contributed by atoms with Crippen molar-refractivity contribution >= 4 is 17.6 Å². The van der Waals surface area contributed by atoms with Crippen LogP contribution in [0.25, 0.3) is 5.69 Å². The van der Waals surface area contributed by atoms with Gasteiger partial charge in [-0.15, -0.1) is 0 Å². The maximum absolute atomic E-state index is 13.6. The Labute approximate surface area is 115 Å². The zero-order valence-corrected chi connectivity index (χ0v) is 11.6. The third kappa shape index (κ3) is 3.12. The van der Waals surface area contributed by atoms with Gasteiger partial charge in [-0.3, -0.25) is 0 Å². The number of nitrogens with zero attached hydrogens (tertiary/aromatic N) is 2. The number of imidazole rings is 1. The van der Waals surface area contributed by atoms with Crippen LogP contribution in [0.2, 0.25) is 5.02 Å². The van der Waals surface area contributed by atoms with Crippen LogP contribution in [0.3, 0.4) is 0 Å². The zero-order chi connectivity index (χ0) is 14.6. The Morgan fingerprint density at radius 3 is 2.58 bits per heavy atom. The summed E-state index contributed by atoms with van der Waals surface area (Å²) in [5.41, 5.74) is 0.749. The van der Waals surface area contributed by atoms with Gasteiger partial charge in [0.05, 0.1) is 10.7 Å². The van der Waals surface area contributed by atoms with Crippen molar-refractivity contribution in [3.63, 3.8) is 0 Å². The van der Waals surface area contributed by atoms with Crippen LogP contribution in [-0.4, -0.2) is 20.6 Å². The van der Waals surface area contributed by atoms with Crippen LogP contribution in [0.4, 0.5) is 4.39 Å². The Kier molecular flexibility index (Phi) is 5.06. The summed E-state index contributed by atoms with van der Waals surface area (Å²) in [7, 11) is 0. The fourth-order valence-electron chi connectivity index (χ4n) is 1.49. The first-order valence-corrected chi connectivity index (χ1v) is 6.10. The van der Waals surface area contributed by atoms with Crippen LogP contribution in [0.15, 0.2) is 24.7 Å². The van der Waals surface area contributed by atoms with Gasteiger partial charge in [-0.2, -0.15) is 0 Å². The van der Waals surface area contributed by atoms with Crippen molar-refractivity contribution < 1.29 is 14.3 Å². The Hall–Kier alpha value is -1.88. The van der Waals surface area contributed by atoms with E-state index in [4.69, 9.17) is 16.7 Å². The first-order valence-electron chi connectivity index (χ1n) is 5.73. The molecule has 0 unspecified atom stereocenters. The Morgan fingerprint density at radius 2 is 2.05 bits per heavy atom. The minimum Gasteiger partial charge on any atom is -0.476 e. The number of carboxylic acids is 1. The van der Waals surface area contributed by atoms with E-state index >= 15 is 0 Å². The molecule has 2 rings (SSSR count). The van der Waals surface area contributed by atoms with Gasteiger partial charge < -0.3 is 9.67 Å². The molecule has 0 radical (unpaired) electrons. The van der Waals surface area contributed by atoms with Crippen LogP contribution < -0.4 is 0 Å². The molecule has 0 aliphatic heterocycles. The molecule has 0 saturated carbocycles. The van der Waals surface area contributed by atoms with Crippen molar-refractivity contribution in [3.05, 3.63) is 46.8 Å². The number of halogens is 2. The van der Waals surface area contributed by atoms with E-state index in [0.717, 1.165) is 0 Å². The first-order chi connectivity index (χ1) is 9.00. The average molecular weight is 285 g/mol. The molecule has 0 amide bonds. The van der Waals surface area contributed by atoms with Crippen LogP contribution in [0.1, 0.15) is 29.9 Å². The van der Waals surface area contributed by atoms with E-state index in [0.29, 0.717) is 11.3 Å². The second-order valence-corrected chi connectivity index (χ2v) is 3.88. The Morgan fingerprint density at radius 1 is 1.42 bits per heavy atom. The smallest absolute Gasteiger partial charge is 0.356 e. The van der Waals surface area contributed by atoms with Gasteiger partial charge in [0.15, 0.2) is 5.69 Å². The van der Waals surface area contributed by atoms with E-state index in [-0.39, 0.29) is 10.7 Å². The number of hydrogen-bond donors (Lipinski definition) is 1.